The zero-order valence-electron chi connectivity index (χ0n) is 20.5. The first kappa shape index (κ1) is 26.9. The van der Waals surface area contributed by atoms with E-state index in [0.29, 0.717) is 44.7 Å². The lowest BCUT2D eigenvalue weighted by Crippen LogP contribution is -2.41. The predicted molar refractivity (Wildman–Crippen MR) is 136 cm³/mol. The number of carboxylic acid groups (broad SMARTS) is 1. The largest absolute Gasteiger partial charge is 0.480 e. The molecule has 0 saturated carbocycles. The Morgan fingerprint density at radius 2 is 1.92 bits per heavy atom. The number of anilines is 2. The average molecular weight is 564 g/mol. The normalized spacial score (nSPS) is 19.7. The number of hydrogen-bond acceptors (Lipinski definition) is 9. The number of nitrogens with two attached hydrogens (primary N) is 1. The number of carbonyl (C=O) groups is 1. The quantitative estimate of drug-likeness (QED) is 0.405. The van der Waals surface area contributed by atoms with Crippen LogP contribution in [0.2, 0.25) is 5.02 Å². The van der Waals surface area contributed by atoms with Crippen molar-refractivity contribution in [3.05, 3.63) is 53.3 Å². The fourth-order valence-corrected chi connectivity index (χ4v) is 5.32. The van der Waals surface area contributed by atoms with E-state index in [-0.39, 0.29) is 39.2 Å². The molecule has 4 heterocycles. The molecular weight excluding hydrogens is 539 g/mol. The highest BCUT2D eigenvalue weighted by atomic mass is 35.5. The highest BCUT2D eigenvalue weighted by Gasteiger charge is 2.46. The Hall–Kier alpha value is -3.71. The van der Waals surface area contributed by atoms with Gasteiger partial charge in [0, 0.05) is 54.2 Å². The van der Waals surface area contributed by atoms with Gasteiger partial charge in [0.05, 0.1) is 0 Å². The molecule has 39 heavy (non-hydrogen) atoms. The van der Waals surface area contributed by atoms with Crippen LogP contribution in [0.3, 0.4) is 0 Å². The minimum absolute atomic E-state index is 0.0597. The highest BCUT2D eigenvalue weighted by molar-refractivity contribution is 6.30. The van der Waals surface area contributed by atoms with E-state index in [1.54, 1.807) is 6.07 Å². The Bertz CT molecular complexity index is 1350. The van der Waals surface area contributed by atoms with Crippen molar-refractivity contribution in [3.63, 3.8) is 0 Å². The molecule has 2 aromatic heterocycles. The van der Waals surface area contributed by atoms with Gasteiger partial charge in [-0.3, -0.25) is 4.79 Å². The van der Waals surface area contributed by atoms with Gasteiger partial charge in [0.2, 0.25) is 17.9 Å². The molecule has 2 aliphatic heterocycles. The summed E-state index contributed by atoms with van der Waals surface area (Å²) in [5.41, 5.74) is 5.56. The Morgan fingerprint density at radius 3 is 2.56 bits per heavy atom. The summed E-state index contributed by atoms with van der Waals surface area (Å²) in [7, 11) is 0. The molecule has 0 radical (unpaired) electrons. The van der Waals surface area contributed by atoms with Crippen molar-refractivity contribution in [3.8, 4) is 17.3 Å². The van der Waals surface area contributed by atoms with E-state index >= 15 is 0 Å². The lowest BCUT2D eigenvalue weighted by Gasteiger charge is -2.39. The second-order valence-corrected chi connectivity index (χ2v) is 10.2. The van der Waals surface area contributed by atoms with Gasteiger partial charge in [0.15, 0.2) is 5.82 Å². The number of ether oxygens (including phenoxy) is 1. The van der Waals surface area contributed by atoms with Gasteiger partial charge in [-0.15, -0.1) is 0 Å². The maximum atomic E-state index is 14.4. The van der Waals surface area contributed by atoms with Gasteiger partial charge in [0.25, 0.3) is 0 Å². The number of alkyl halides is 3. The third-order valence-corrected chi connectivity index (χ3v) is 7.39. The molecule has 4 N–H and O–H groups in total. The molecule has 14 heteroatoms. The fourth-order valence-electron chi connectivity index (χ4n) is 5.15. The first-order valence-corrected chi connectivity index (χ1v) is 12.6. The molecule has 2 saturated heterocycles. The number of aromatic nitrogens is 4. The van der Waals surface area contributed by atoms with Crippen LogP contribution in [0.25, 0.3) is 11.4 Å². The van der Waals surface area contributed by atoms with Crippen LogP contribution in [-0.4, -0.2) is 62.9 Å². The summed E-state index contributed by atoms with van der Waals surface area (Å²) < 4.78 is 48.6. The zero-order chi connectivity index (χ0) is 27.8. The summed E-state index contributed by atoms with van der Waals surface area (Å²) in [5, 5.41) is 12.6. The van der Waals surface area contributed by atoms with Crippen molar-refractivity contribution >= 4 is 29.3 Å². The van der Waals surface area contributed by atoms with E-state index in [0.717, 1.165) is 0 Å². The minimum atomic E-state index is -4.83. The van der Waals surface area contributed by atoms with E-state index in [1.165, 1.54) is 36.7 Å². The Balaban J connectivity index is 1.40. The average Bonchev–Trinajstić information content (AvgIpc) is 3.31. The predicted octanol–water partition coefficient (Wildman–Crippen LogP) is 3.88. The van der Waals surface area contributed by atoms with E-state index in [4.69, 9.17) is 22.1 Å². The maximum Gasteiger partial charge on any atom is 0.429 e. The Labute approximate surface area is 226 Å². The van der Waals surface area contributed by atoms with E-state index in [2.05, 4.69) is 25.3 Å². The number of rotatable bonds is 6. The molecule has 2 atom stereocenters. The lowest BCUT2D eigenvalue weighted by molar-refractivity contribution is -0.198. The number of halogens is 4. The number of benzene rings is 1. The van der Waals surface area contributed by atoms with E-state index in [1.807, 2.05) is 4.90 Å². The maximum absolute atomic E-state index is 14.4. The molecule has 0 bridgehead atoms. The minimum Gasteiger partial charge on any atom is -0.480 e. The number of hydrogen-bond donors (Lipinski definition) is 3. The number of nitrogens with one attached hydrogen (secondary N) is 1. The molecule has 1 unspecified atom stereocenters. The summed E-state index contributed by atoms with van der Waals surface area (Å²) in [6.07, 6.45) is -2.50. The third-order valence-electron chi connectivity index (χ3n) is 7.15. The summed E-state index contributed by atoms with van der Waals surface area (Å²) in [6.45, 7) is 1.65. The molecule has 1 spiro atoms. The molecule has 0 aliphatic carbocycles. The third kappa shape index (κ3) is 5.83. The van der Waals surface area contributed by atoms with Crippen molar-refractivity contribution in [2.45, 2.75) is 37.6 Å². The molecule has 1 aromatic carbocycles. The smallest absolute Gasteiger partial charge is 0.429 e. The Kier molecular flexibility index (Phi) is 7.21. The molecule has 3 aromatic rings. The van der Waals surface area contributed by atoms with Gasteiger partial charge in [-0.25, -0.2) is 9.97 Å². The van der Waals surface area contributed by atoms with Gasteiger partial charge in [0.1, 0.15) is 11.9 Å². The molecular formula is C25H25ClF3N7O3. The lowest BCUT2D eigenvalue weighted by atomic mass is 9.76. The van der Waals surface area contributed by atoms with Gasteiger partial charge in [-0.2, -0.15) is 23.1 Å². The van der Waals surface area contributed by atoms with Crippen LogP contribution in [0.4, 0.5) is 24.9 Å². The molecule has 5 rings (SSSR count). The first-order valence-electron chi connectivity index (χ1n) is 12.2. The number of nitrogens with zero attached hydrogens (tertiary/aromatic N) is 5. The first-order chi connectivity index (χ1) is 18.5. The van der Waals surface area contributed by atoms with E-state index < -0.39 is 24.3 Å². The van der Waals surface area contributed by atoms with Crippen molar-refractivity contribution in [2.24, 2.45) is 5.41 Å². The van der Waals surface area contributed by atoms with Crippen LogP contribution in [0.1, 0.15) is 30.9 Å². The summed E-state index contributed by atoms with van der Waals surface area (Å²) in [6, 6.07) is 6.21. The topological polar surface area (TPSA) is 139 Å². The summed E-state index contributed by atoms with van der Waals surface area (Å²) in [4.78, 5) is 29.5. The number of piperidine rings is 1. The summed E-state index contributed by atoms with van der Waals surface area (Å²) >= 11 is 6.09. The molecule has 10 nitrogen and oxygen atoms in total. The molecule has 2 fully saturated rings. The van der Waals surface area contributed by atoms with Crippen molar-refractivity contribution in [1.29, 1.82) is 0 Å². The van der Waals surface area contributed by atoms with Crippen LogP contribution in [0, 0.1) is 5.41 Å². The van der Waals surface area contributed by atoms with Crippen LogP contribution < -0.4 is 20.7 Å². The second-order valence-electron chi connectivity index (χ2n) is 9.73. The number of aliphatic carboxylic acids is 1. The van der Waals surface area contributed by atoms with Crippen LogP contribution >= 0.6 is 11.6 Å². The van der Waals surface area contributed by atoms with Crippen molar-refractivity contribution < 1.29 is 27.8 Å². The zero-order valence-corrected chi connectivity index (χ0v) is 21.3. The second kappa shape index (κ2) is 10.5. The van der Waals surface area contributed by atoms with Gasteiger partial charge < -0.3 is 25.8 Å². The Morgan fingerprint density at radius 1 is 1.21 bits per heavy atom. The van der Waals surface area contributed by atoms with Crippen LogP contribution in [0.15, 0.2) is 42.7 Å². The van der Waals surface area contributed by atoms with Crippen molar-refractivity contribution in [2.75, 3.05) is 30.3 Å². The van der Waals surface area contributed by atoms with Gasteiger partial charge >= 0.3 is 12.1 Å². The summed E-state index contributed by atoms with van der Waals surface area (Å²) in [5.74, 6) is -1.06. The fraction of sp³-hybridized carbons (Fsp3) is 0.400. The van der Waals surface area contributed by atoms with Gasteiger partial charge in [-0.05, 0) is 42.9 Å². The monoisotopic (exact) mass is 563 g/mol. The standard InChI is InChI=1S/C25H25ClF3N7O3/c26-14-2-3-15(16(10-14)21-31-6-1-7-32-21)20(25(27,28)29)39-19-11-18(34-23(30)35-19)36-8-4-24(5-9-36)12-17(22(37)38)33-13-24/h1-3,6-7,10-11,17,20,33H,4-5,8-9,12-13H2,(H,37,38)(H2,30,34,35)/t17?,20-/m1/s1. The van der Waals surface area contributed by atoms with Crippen LogP contribution in [-0.2, 0) is 4.79 Å². The van der Waals surface area contributed by atoms with E-state index in [9.17, 15) is 23.1 Å². The molecule has 2 aliphatic rings. The highest BCUT2D eigenvalue weighted by Crippen LogP contribution is 2.43. The molecule has 206 valence electrons. The van der Waals surface area contributed by atoms with Crippen molar-refractivity contribution in [1.82, 2.24) is 25.3 Å². The molecule has 0 amide bonds. The van der Waals surface area contributed by atoms with Gasteiger partial charge in [-0.1, -0.05) is 17.7 Å². The number of carboxylic acids is 1. The van der Waals surface area contributed by atoms with Crippen LogP contribution in [0.5, 0.6) is 5.88 Å². The SMILES string of the molecule is Nc1nc(O[C@H](c2ccc(Cl)cc2-c2ncccn2)C(F)(F)F)cc(N2CCC3(CC2)CNC(C(=O)O)C3)n1. The number of nitrogen functional groups attached to an aromatic ring is 1.